The Morgan fingerprint density at radius 1 is 1.25 bits per heavy atom. The predicted molar refractivity (Wildman–Crippen MR) is 68.8 cm³/mol. The Balaban J connectivity index is 2.43. The van der Waals surface area contributed by atoms with Crippen LogP contribution in [0.3, 0.4) is 0 Å². The summed E-state index contributed by atoms with van der Waals surface area (Å²) in [6.45, 7) is 9.14. The van der Waals surface area contributed by atoms with Gasteiger partial charge in [-0.25, -0.2) is 0 Å². The van der Waals surface area contributed by atoms with E-state index >= 15 is 0 Å². The highest BCUT2D eigenvalue weighted by Crippen LogP contribution is 2.19. The van der Waals surface area contributed by atoms with Gasteiger partial charge in [0.05, 0.1) is 6.61 Å². The molecule has 0 heterocycles. The van der Waals surface area contributed by atoms with E-state index in [0.717, 1.165) is 12.2 Å². The minimum absolute atomic E-state index is 0.228. The van der Waals surface area contributed by atoms with E-state index in [2.05, 4.69) is 39.8 Å². The van der Waals surface area contributed by atoms with E-state index in [1.807, 2.05) is 6.07 Å². The average molecular weight is 221 g/mol. The van der Waals surface area contributed by atoms with Gasteiger partial charge in [-0.05, 0) is 37.8 Å². The molecule has 0 aliphatic heterocycles. The Labute approximate surface area is 98.8 Å². The zero-order valence-electron chi connectivity index (χ0n) is 10.8. The van der Waals surface area contributed by atoms with E-state index in [-0.39, 0.29) is 6.04 Å². The molecule has 0 aromatic heterocycles. The van der Waals surface area contributed by atoms with Crippen LogP contribution >= 0.6 is 0 Å². The Morgan fingerprint density at radius 2 is 1.94 bits per heavy atom. The van der Waals surface area contributed by atoms with Gasteiger partial charge in [-0.1, -0.05) is 31.5 Å². The van der Waals surface area contributed by atoms with Crippen molar-refractivity contribution in [2.45, 2.75) is 40.2 Å². The molecule has 0 spiro atoms. The van der Waals surface area contributed by atoms with Crippen LogP contribution in [0.2, 0.25) is 0 Å². The molecule has 1 aromatic carbocycles. The van der Waals surface area contributed by atoms with Crippen LogP contribution in [0.4, 0.5) is 0 Å². The van der Waals surface area contributed by atoms with Crippen LogP contribution in [0.15, 0.2) is 18.2 Å². The van der Waals surface area contributed by atoms with Gasteiger partial charge in [-0.15, -0.1) is 0 Å². The SMILES string of the molecule is Cc1ccc(OCCC(N)C(C)C)c(C)c1. The number of nitrogens with two attached hydrogens (primary N) is 1. The fraction of sp³-hybridized carbons (Fsp3) is 0.571. The normalized spacial score (nSPS) is 12.9. The van der Waals surface area contributed by atoms with Crippen molar-refractivity contribution >= 4 is 0 Å². The highest BCUT2D eigenvalue weighted by molar-refractivity contribution is 5.35. The largest absolute Gasteiger partial charge is 0.493 e. The Bertz CT molecular complexity index is 334. The first-order chi connectivity index (χ1) is 7.50. The van der Waals surface area contributed by atoms with E-state index in [0.29, 0.717) is 12.5 Å². The lowest BCUT2D eigenvalue weighted by Crippen LogP contribution is -2.28. The molecule has 1 unspecified atom stereocenters. The molecule has 1 atom stereocenters. The van der Waals surface area contributed by atoms with Crippen molar-refractivity contribution in [1.82, 2.24) is 0 Å². The van der Waals surface area contributed by atoms with Gasteiger partial charge in [0.1, 0.15) is 5.75 Å². The minimum Gasteiger partial charge on any atom is -0.493 e. The van der Waals surface area contributed by atoms with Crippen LogP contribution in [0, 0.1) is 19.8 Å². The second-order valence-corrected chi connectivity index (χ2v) is 4.81. The quantitative estimate of drug-likeness (QED) is 0.829. The van der Waals surface area contributed by atoms with Gasteiger partial charge in [-0.2, -0.15) is 0 Å². The number of benzene rings is 1. The van der Waals surface area contributed by atoms with Gasteiger partial charge in [0.2, 0.25) is 0 Å². The van der Waals surface area contributed by atoms with Crippen LogP contribution in [0.25, 0.3) is 0 Å². The summed E-state index contributed by atoms with van der Waals surface area (Å²) in [7, 11) is 0. The summed E-state index contributed by atoms with van der Waals surface area (Å²) in [5.74, 6) is 1.49. The third kappa shape index (κ3) is 3.86. The summed E-state index contributed by atoms with van der Waals surface area (Å²) in [4.78, 5) is 0. The molecule has 0 aliphatic carbocycles. The number of ether oxygens (including phenoxy) is 1. The first-order valence-electron chi connectivity index (χ1n) is 5.96. The van der Waals surface area contributed by atoms with E-state index < -0.39 is 0 Å². The van der Waals surface area contributed by atoms with Gasteiger partial charge in [0, 0.05) is 6.04 Å². The van der Waals surface area contributed by atoms with Gasteiger partial charge in [0.25, 0.3) is 0 Å². The zero-order chi connectivity index (χ0) is 12.1. The first-order valence-corrected chi connectivity index (χ1v) is 5.96. The highest BCUT2D eigenvalue weighted by Gasteiger charge is 2.07. The molecule has 2 heteroatoms. The topological polar surface area (TPSA) is 35.2 Å². The van der Waals surface area contributed by atoms with Crippen molar-refractivity contribution in [1.29, 1.82) is 0 Å². The maximum Gasteiger partial charge on any atom is 0.122 e. The smallest absolute Gasteiger partial charge is 0.122 e. The molecule has 90 valence electrons. The van der Waals surface area contributed by atoms with Crippen molar-refractivity contribution in [2.75, 3.05) is 6.61 Å². The van der Waals surface area contributed by atoms with Crippen molar-refractivity contribution in [3.8, 4) is 5.75 Å². The Morgan fingerprint density at radius 3 is 2.50 bits per heavy atom. The fourth-order valence-electron chi connectivity index (χ4n) is 1.60. The zero-order valence-corrected chi connectivity index (χ0v) is 10.8. The Kier molecular flexibility index (Phi) is 4.81. The third-order valence-electron chi connectivity index (χ3n) is 2.90. The molecule has 16 heavy (non-hydrogen) atoms. The molecule has 2 nitrogen and oxygen atoms in total. The van der Waals surface area contributed by atoms with E-state index in [9.17, 15) is 0 Å². The van der Waals surface area contributed by atoms with Gasteiger partial charge >= 0.3 is 0 Å². The van der Waals surface area contributed by atoms with E-state index in [4.69, 9.17) is 10.5 Å². The molecule has 0 aliphatic rings. The monoisotopic (exact) mass is 221 g/mol. The second-order valence-electron chi connectivity index (χ2n) is 4.81. The van der Waals surface area contributed by atoms with Crippen LogP contribution < -0.4 is 10.5 Å². The maximum absolute atomic E-state index is 5.96. The molecule has 0 saturated carbocycles. The van der Waals surface area contributed by atoms with E-state index in [1.165, 1.54) is 11.1 Å². The number of rotatable bonds is 5. The summed E-state index contributed by atoms with van der Waals surface area (Å²) in [6, 6.07) is 6.47. The van der Waals surface area contributed by atoms with Crippen molar-refractivity contribution < 1.29 is 4.74 Å². The summed E-state index contributed by atoms with van der Waals surface area (Å²) < 4.78 is 5.73. The number of hydrogen-bond acceptors (Lipinski definition) is 2. The molecule has 2 N–H and O–H groups in total. The molecule has 1 aromatic rings. The minimum atomic E-state index is 0.228. The first kappa shape index (κ1) is 13.0. The van der Waals surface area contributed by atoms with Gasteiger partial charge in [-0.3, -0.25) is 0 Å². The van der Waals surface area contributed by atoms with E-state index in [1.54, 1.807) is 0 Å². The summed E-state index contributed by atoms with van der Waals surface area (Å²) in [6.07, 6.45) is 0.908. The number of hydrogen-bond donors (Lipinski definition) is 1. The molecule has 0 amide bonds. The molecule has 0 saturated heterocycles. The van der Waals surface area contributed by atoms with Crippen LogP contribution in [0.1, 0.15) is 31.4 Å². The lowest BCUT2D eigenvalue weighted by atomic mass is 10.0. The fourth-order valence-corrected chi connectivity index (χ4v) is 1.60. The summed E-state index contributed by atoms with van der Waals surface area (Å²) in [5.41, 5.74) is 8.42. The van der Waals surface area contributed by atoms with Crippen LogP contribution in [-0.2, 0) is 0 Å². The molecule has 0 bridgehead atoms. The second kappa shape index (κ2) is 5.90. The van der Waals surface area contributed by atoms with Crippen LogP contribution in [-0.4, -0.2) is 12.6 Å². The highest BCUT2D eigenvalue weighted by atomic mass is 16.5. The standard InChI is InChI=1S/C14H23NO/c1-10(2)13(15)7-8-16-14-6-5-11(3)9-12(14)4/h5-6,9-10,13H,7-8,15H2,1-4H3. The third-order valence-corrected chi connectivity index (χ3v) is 2.90. The summed E-state index contributed by atoms with van der Waals surface area (Å²) in [5, 5.41) is 0. The molecular weight excluding hydrogens is 198 g/mol. The van der Waals surface area contributed by atoms with Crippen molar-refractivity contribution in [3.63, 3.8) is 0 Å². The summed E-state index contributed by atoms with van der Waals surface area (Å²) >= 11 is 0. The molecule has 1 rings (SSSR count). The Hall–Kier alpha value is -1.02. The van der Waals surface area contributed by atoms with Gasteiger partial charge < -0.3 is 10.5 Å². The van der Waals surface area contributed by atoms with Crippen molar-refractivity contribution in [2.24, 2.45) is 11.7 Å². The lowest BCUT2D eigenvalue weighted by molar-refractivity contribution is 0.281. The average Bonchev–Trinajstić information content (AvgIpc) is 2.20. The lowest BCUT2D eigenvalue weighted by Gasteiger charge is -2.16. The van der Waals surface area contributed by atoms with Crippen molar-refractivity contribution in [3.05, 3.63) is 29.3 Å². The molecular formula is C14H23NO. The van der Waals surface area contributed by atoms with Crippen LogP contribution in [0.5, 0.6) is 5.75 Å². The number of aryl methyl sites for hydroxylation is 2. The predicted octanol–water partition coefficient (Wildman–Crippen LogP) is 3.06. The maximum atomic E-state index is 5.96. The van der Waals surface area contributed by atoms with Gasteiger partial charge in [0.15, 0.2) is 0 Å². The molecule has 0 fully saturated rings. The molecule has 0 radical (unpaired) electrons.